The lowest BCUT2D eigenvalue weighted by Gasteiger charge is -2.25. The molecule has 0 bridgehead atoms. The Morgan fingerprint density at radius 2 is 1.78 bits per heavy atom. The van der Waals surface area contributed by atoms with Crippen molar-refractivity contribution in [1.82, 2.24) is 10.3 Å². The summed E-state index contributed by atoms with van der Waals surface area (Å²) in [4.78, 5) is 4.33. The van der Waals surface area contributed by atoms with Gasteiger partial charge in [0, 0.05) is 29.5 Å². The summed E-state index contributed by atoms with van der Waals surface area (Å²) in [6.45, 7) is 2.12. The number of pyridine rings is 1. The van der Waals surface area contributed by atoms with Crippen molar-refractivity contribution in [2.24, 2.45) is 0 Å². The van der Waals surface area contributed by atoms with Gasteiger partial charge in [0.2, 0.25) is 0 Å². The minimum Gasteiger partial charge on any atom is -0.493 e. The summed E-state index contributed by atoms with van der Waals surface area (Å²) in [6, 6.07) is 13.0. The third-order valence-corrected chi connectivity index (χ3v) is 5.17. The van der Waals surface area contributed by atoms with Crippen LogP contribution in [0, 0.1) is 0 Å². The number of piperidine rings is 1. The zero-order valence-corrected chi connectivity index (χ0v) is 15.8. The van der Waals surface area contributed by atoms with Crippen LogP contribution in [0.5, 0.6) is 11.5 Å². The van der Waals surface area contributed by atoms with Crippen LogP contribution in [-0.2, 0) is 0 Å². The van der Waals surface area contributed by atoms with Crippen LogP contribution < -0.4 is 20.1 Å². The molecule has 0 unspecified atom stereocenters. The fourth-order valence-corrected chi connectivity index (χ4v) is 3.69. The van der Waals surface area contributed by atoms with E-state index in [9.17, 15) is 0 Å². The molecule has 27 heavy (non-hydrogen) atoms. The van der Waals surface area contributed by atoms with E-state index in [0.717, 1.165) is 59.6 Å². The van der Waals surface area contributed by atoms with E-state index in [-0.39, 0.29) is 0 Å². The molecule has 2 heterocycles. The summed E-state index contributed by atoms with van der Waals surface area (Å²) in [7, 11) is 3.32. The van der Waals surface area contributed by atoms with E-state index in [1.165, 1.54) is 5.39 Å². The second-order valence-corrected chi connectivity index (χ2v) is 6.86. The Bertz CT molecular complexity index is 936. The predicted octanol–water partition coefficient (Wildman–Crippen LogP) is 4.08. The molecule has 1 aromatic heterocycles. The van der Waals surface area contributed by atoms with Gasteiger partial charge >= 0.3 is 0 Å². The number of nitrogens with one attached hydrogen (secondary N) is 2. The molecule has 4 rings (SSSR count). The molecule has 1 saturated heterocycles. The summed E-state index contributed by atoms with van der Waals surface area (Å²) in [5.41, 5.74) is 3.38. The molecule has 1 aliphatic heterocycles. The van der Waals surface area contributed by atoms with Gasteiger partial charge in [0.1, 0.15) is 0 Å². The minimum absolute atomic E-state index is 0.482. The van der Waals surface area contributed by atoms with Crippen molar-refractivity contribution in [3.8, 4) is 22.6 Å². The number of benzene rings is 2. The fourth-order valence-electron chi connectivity index (χ4n) is 3.69. The molecule has 0 aliphatic carbocycles. The van der Waals surface area contributed by atoms with Crippen molar-refractivity contribution >= 4 is 16.5 Å². The smallest absolute Gasteiger partial charge is 0.161 e. The Labute approximate surface area is 159 Å². The van der Waals surface area contributed by atoms with Crippen LogP contribution in [0.15, 0.2) is 48.8 Å². The van der Waals surface area contributed by atoms with Gasteiger partial charge in [-0.15, -0.1) is 0 Å². The van der Waals surface area contributed by atoms with E-state index in [2.05, 4.69) is 39.9 Å². The number of fused-ring (bicyclic) bond motifs is 1. The summed E-state index contributed by atoms with van der Waals surface area (Å²) in [5.74, 6) is 1.47. The molecule has 2 aromatic carbocycles. The average molecular weight is 363 g/mol. The molecule has 1 aliphatic rings. The molecule has 2 N–H and O–H groups in total. The predicted molar refractivity (Wildman–Crippen MR) is 110 cm³/mol. The first kappa shape index (κ1) is 17.6. The molecule has 5 heteroatoms. The lowest BCUT2D eigenvalue weighted by molar-refractivity contribution is 0.355. The Morgan fingerprint density at radius 1 is 0.963 bits per heavy atom. The highest BCUT2D eigenvalue weighted by Crippen LogP contribution is 2.36. The van der Waals surface area contributed by atoms with Gasteiger partial charge in [-0.1, -0.05) is 6.07 Å². The summed E-state index contributed by atoms with van der Waals surface area (Å²) < 4.78 is 10.9. The van der Waals surface area contributed by atoms with Gasteiger partial charge < -0.3 is 20.1 Å². The largest absolute Gasteiger partial charge is 0.493 e. The monoisotopic (exact) mass is 363 g/mol. The molecule has 0 atom stereocenters. The van der Waals surface area contributed by atoms with Crippen molar-refractivity contribution in [2.75, 3.05) is 32.6 Å². The fraction of sp³-hybridized carbons (Fsp3) is 0.318. The number of nitrogens with zero attached hydrogens (tertiary/aromatic N) is 1. The van der Waals surface area contributed by atoms with Crippen molar-refractivity contribution in [3.63, 3.8) is 0 Å². The maximum atomic E-state index is 5.48. The van der Waals surface area contributed by atoms with Crippen LogP contribution in [0.25, 0.3) is 21.9 Å². The highest BCUT2D eigenvalue weighted by atomic mass is 16.5. The van der Waals surface area contributed by atoms with Crippen LogP contribution in [-0.4, -0.2) is 38.3 Å². The standard InChI is InChI=1S/C22H25N3O2/c1-26-21-4-3-15(13-22(21)27-2)17-11-16-5-8-24-14-19(16)20(12-17)25-18-6-9-23-10-7-18/h3-5,8,11-14,18,23,25H,6-7,9-10H2,1-2H3. The first-order valence-corrected chi connectivity index (χ1v) is 9.36. The van der Waals surface area contributed by atoms with E-state index in [1.807, 2.05) is 24.5 Å². The zero-order chi connectivity index (χ0) is 18.6. The summed E-state index contributed by atoms with van der Waals surface area (Å²) in [6.07, 6.45) is 6.04. The maximum absolute atomic E-state index is 5.48. The molecule has 0 radical (unpaired) electrons. The van der Waals surface area contributed by atoms with E-state index < -0.39 is 0 Å². The van der Waals surface area contributed by atoms with Gasteiger partial charge in [-0.05, 0) is 72.8 Å². The SMILES string of the molecule is COc1ccc(-c2cc(NC3CCNCC3)c3cnccc3c2)cc1OC. The second kappa shape index (κ2) is 7.84. The molecule has 5 nitrogen and oxygen atoms in total. The molecule has 0 amide bonds. The highest BCUT2D eigenvalue weighted by molar-refractivity contribution is 5.97. The molecular formula is C22H25N3O2. The lowest BCUT2D eigenvalue weighted by Crippen LogP contribution is -2.35. The van der Waals surface area contributed by atoms with Crippen molar-refractivity contribution in [1.29, 1.82) is 0 Å². The van der Waals surface area contributed by atoms with Crippen LogP contribution in [0.3, 0.4) is 0 Å². The number of anilines is 1. The number of methoxy groups -OCH3 is 2. The highest BCUT2D eigenvalue weighted by Gasteiger charge is 2.15. The van der Waals surface area contributed by atoms with E-state index >= 15 is 0 Å². The van der Waals surface area contributed by atoms with Crippen molar-refractivity contribution < 1.29 is 9.47 Å². The van der Waals surface area contributed by atoms with E-state index in [1.54, 1.807) is 14.2 Å². The van der Waals surface area contributed by atoms with Crippen molar-refractivity contribution in [3.05, 3.63) is 48.8 Å². The Balaban J connectivity index is 1.77. The number of aromatic nitrogens is 1. The van der Waals surface area contributed by atoms with Crippen LogP contribution in [0.1, 0.15) is 12.8 Å². The first-order valence-electron chi connectivity index (χ1n) is 9.36. The topological polar surface area (TPSA) is 55.4 Å². The van der Waals surface area contributed by atoms with Crippen LogP contribution in [0.4, 0.5) is 5.69 Å². The average Bonchev–Trinajstić information content (AvgIpc) is 2.74. The van der Waals surface area contributed by atoms with E-state index in [0.29, 0.717) is 6.04 Å². The summed E-state index contributed by atoms with van der Waals surface area (Å²) >= 11 is 0. The van der Waals surface area contributed by atoms with Gasteiger partial charge in [-0.2, -0.15) is 0 Å². The Kier molecular flexibility index (Phi) is 5.12. The summed E-state index contributed by atoms with van der Waals surface area (Å²) in [5, 5.41) is 9.50. The molecule has 1 fully saturated rings. The quantitative estimate of drug-likeness (QED) is 0.715. The van der Waals surface area contributed by atoms with Gasteiger partial charge in [-0.25, -0.2) is 0 Å². The number of ether oxygens (including phenoxy) is 2. The maximum Gasteiger partial charge on any atom is 0.161 e. The minimum atomic E-state index is 0.482. The van der Waals surface area contributed by atoms with Crippen molar-refractivity contribution in [2.45, 2.75) is 18.9 Å². The van der Waals surface area contributed by atoms with Gasteiger partial charge in [0.15, 0.2) is 11.5 Å². The number of rotatable bonds is 5. The molecule has 0 spiro atoms. The van der Waals surface area contributed by atoms with Crippen LogP contribution in [0.2, 0.25) is 0 Å². The van der Waals surface area contributed by atoms with E-state index in [4.69, 9.17) is 9.47 Å². The van der Waals surface area contributed by atoms with Gasteiger partial charge in [-0.3, -0.25) is 4.98 Å². The zero-order valence-electron chi connectivity index (χ0n) is 15.8. The third kappa shape index (κ3) is 3.69. The third-order valence-electron chi connectivity index (χ3n) is 5.17. The Hall–Kier alpha value is -2.79. The molecule has 3 aromatic rings. The molecule has 140 valence electrons. The van der Waals surface area contributed by atoms with Gasteiger partial charge in [0.05, 0.1) is 14.2 Å². The number of hydrogen-bond donors (Lipinski definition) is 2. The molecular weight excluding hydrogens is 338 g/mol. The first-order chi connectivity index (χ1) is 13.3. The lowest BCUT2D eigenvalue weighted by atomic mass is 9.99. The van der Waals surface area contributed by atoms with Gasteiger partial charge in [0.25, 0.3) is 0 Å². The Morgan fingerprint density at radius 3 is 2.56 bits per heavy atom. The van der Waals surface area contributed by atoms with Crippen LogP contribution >= 0.6 is 0 Å². The normalized spacial score (nSPS) is 14.9. The molecule has 0 saturated carbocycles. The number of hydrogen-bond acceptors (Lipinski definition) is 5. The second-order valence-electron chi connectivity index (χ2n) is 6.86.